The lowest BCUT2D eigenvalue weighted by molar-refractivity contribution is -0.141. The van der Waals surface area contributed by atoms with Gasteiger partial charge in [-0.05, 0) is 24.5 Å². The Balaban J connectivity index is 1.61. The Hall–Kier alpha value is -2.69. The molecule has 1 aliphatic rings. The van der Waals surface area contributed by atoms with Crippen LogP contribution in [0.3, 0.4) is 0 Å². The van der Waals surface area contributed by atoms with Gasteiger partial charge in [-0.25, -0.2) is 4.79 Å². The summed E-state index contributed by atoms with van der Waals surface area (Å²) in [6.45, 7) is -0.827. The molecule has 0 radical (unpaired) electrons. The van der Waals surface area contributed by atoms with E-state index in [1.165, 1.54) is 6.07 Å². The van der Waals surface area contributed by atoms with Gasteiger partial charge in [0.05, 0.1) is 6.61 Å². The molecule has 3 rings (SSSR count). The highest BCUT2D eigenvalue weighted by Crippen LogP contribution is 2.41. The molecule has 1 fully saturated rings. The number of amides is 1. The first-order valence-corrected chi connectivity index (χ1v) is 9.08. The summed E-state index contributed by atoms with van der Waals surface area (Å²) in [5, 5.41) is 21.0. The highest BCUT2D eigenvalue weighted by atomic mass is 19.3. The highest BCUT2D eigenvalue weighted by Gasteiger charge is 2.59. The number of nitrogens with zero attached hydrogens (tertiary/aromatic N) is 2. The van der Waals surface area contributed by atoms with Crippen LogP contribution in [-0.2, 0) is 16.0 Å². The minimum absolute atomic E-state index is 0.0727. The maximum Gasteiger partial charge on any atom is 0.351 e. The molecule has 0 bridgehead atoms. The van der Waals surface area contributed by atoms with Crippen molar-refractivity contribution in [2.24, 2.45) is 0 Å². The Labute approximate surface area is 164 Å². The van der Waals surface area contributed by atoms with Crippen LogP contribution < -0.4 is 11.0 Å². The molecule has 8 nitrogen and oxygen atoms in total. The number of aromatic nitrogens is 2. The average Bonchev–Trinajstić information content (AvgIpc) is 2.92. The third-order valence-corrected chi connectivity index (χ3v) is 4.62. The zero-order valence-corrected chi connectivity index (χ0v) is 15.4. The van der Waals surface area contributed by atoms with Gasteiger partial charge in [0, 0.05) is 12.6 Å². The van der Waals surface area contributed by atoms with Crippen molar-refractivity contribution in [2.45, 2.75) is 43.6 Å². The molecule has 10 heteroatoms. The summed E-state index contributed by atoms with van der Waals surface area (Å²) in [5.74, 6) is -4.22. The highest BCUT2D eigenvalue weighted by molar-refractivity contribution is 5.89. The smallest absolute Gasteiger partial charge is 0.351 e. The lowest BCUT2D eigenvalue weighted by Gasteiger charge is -2.21. The first-order chi connectivity index (χ1) is 13.8. The molecule has 1 amide bonds. The molecule has 2 heterocycles. The summed E-state index contributed by atoms with van der Waals surface area (Å²) in [6, 6.07) is 10.8. The van der Waals surface area contributed by atoms with E-state index in [-0.39, 0.29) is 18.1 Å². The van der Waals surface area contributed by atoms with Crippen molar-refractivity contribution >= 4 is 11.7 Å². The van der Waals surface area contributed by atoms with Gasteiger partial charge in [0.2, 0.25) is 12.1 Å². The number of anilines is 1. The number of rotatable bonds is 7. The summed E-state index contributed by atoms with van der Waals surface area (Å²) in [7, 11) is 0. The summed E-state index contributed by atoms with van der Waals surface area (Å²) in [5.41, 5.74) is 0.0180. The van der Waals surface area contributed by atoms with E-state index < -0.39 is 36.7 Å². The summed E-state index contributed by atoms with van der Waals surface area (Å²) < 4.78 is 33.7. The van der Waals surface area contributed by atoms with Crippen LogP contribution in [0.2, 0.25) is 0 Å². The average molecular weight is 409 g/mol. The molecule has 0 spiro atoms. The van der Waals surface area contributed by atoms with Gasteiger partial charge in [0.1, 0.15) is 11.9 Å². The number of benzene rings is 1. The molecule has 156 valence electrons. The van der Waals surface area contributed by atoms with Crippen molar-refractivity contribution in [2.75, 3.05) is 11.9 Å². The fourth-order valence-electron chi connectivity index (χ4n) is 3.08. The van der Waals surface area contributed by atoms with Crippen molar-refractivity contribution in [3.05, 3.63) is 58.6 Å². The second-order valence-electron chi connectivity index (χ2n) is 6.72. The van der Waals surface area contributed by atoms with E-state index in [9.17, 15) is 23.5 Å². The van der Waals surface area contributed by atoms with Gasteiger partial charge < -0.3 is 20.3 Å². The van der Waals surface area contributed by atoms with Gasteiger partial charge in [0.15, 0.2) is 6.10 Å². The van der Waals surface area contributed by atoms with Crippen LogP contribution in [0, 0.1) is 0 Å². The molecule has 3 N–H and O–H groups in total. The predicted octanol–water partition coefficient (Wildman–Crippen LogP) is 1.09. The Morgan fingerprint density at radius 3 is 2.62 bits per heavy atom. The van der Waals surface area contributed by atoms with Crippen LogP contribution in [0.25, 0.3) is 0 Å². The van der Waals surface area contributed by atoms with Crippen molar-refractivity contribution in [1.29, 1.82) is 0 Å². The quantitative estimate of drug-likeness (QED) is 0.631. The molecule has 0 aliphatic carbocycles. The van der Waals surface area contributed by atoms with Crippen LogP contribution >= 0.6 is 0 Å². The van der Waals surface area contributed by atoms with E-state index in [2.05, 4.69) is 10.3 Å². The first kappa shape index (κ1) is 21.0. The fraction of sp³-hybridized carbons (Fsp3) is 0.421. The minimum atomic E-state index is -3.79. The number of carbonyl (C=O) groups excluding carboxylic acids is 1. The Bertz CT molecular complexity index is 906. The molecule has 2 aromatic rings. The molecule has 29 heavy (non-hydrogen) atoms. The van der Waals surface area contributed by atoms with Gasteiger partial charge in [0.25, 0.3) is 0 Å². The van der Waals surface area contributed by atoms with Gasteiger partial charge in [-0.15, -0.1) is 0 Å². The normalized spacial score (nSPS) is 23.1. The number of ether oxygens (including phenoxy) is 1. The summed E-state index contributed by atoms with van der Waals surface area (Å²) in [4.78, 5) is 27.7. The first-order valence-electron chi connectivity index (χ1n) is 9.08. The number of carbonyl (C=O) groups is 1. The Morgan fingerprint density at radius 1 is 1.28 bits per heavy atom. The second kappa shape index (κ2) is 8.76. The number of aliphatic hydroxyl groups excluding tert-OH is 2. The second-order valence-corrected chi connectivity index (χ2v) is 6.72. The van der Waals surface area contributed by atoms with E-state index in [0.717, 1.165) is 11.8 Å². The van der Waals surface area contributed by atoms with Crippen molar-refractivity contribution < 1.29 is 28.5 Å². The maximum atomic E-state index is 14.2. The molecule has 3 atom stereocenters. The number of aliphatic hydroxyl groups is 2. The van der Waals surface area contributed by atoms with Crippen LogP contribution in [0.15, 0.2) is 47.4 Å². The minimum Gasteiger partial charge on any atom is -0.394 e. The zero-order valence-electron chi connectivity index (χ0n) is 15.4. The van der Waals surface area contributed by atoms with Crippen molar-refractivity contribution in [3.63, 3.8) is 0 Å². The standard InChI is InChI=1S/C19H21F2N3O5/c20-19(21)16(27)13(11-25)29-17(19)24-10-9-14(23-18(24)28)22-15(26)8-4-7-12-5-2-1-3-6-12/h1-3,5-6,9-10,13,16-17,25,27H,4,7-8,11H2,(H,22,23,26,28)/t13-,16?,17-/m1/s1. The number of alkyl halides is 2. The van der Waals surface area contributed by atoms with E-state index in [0.29, 0.717) is 17.4 Å². The van der Waals surface area contributed by atoms with Gasteiger partial charge in [-0.3, -0.25) is 9.36 Å². The lowest BCUT2D eigenvalue weighted by Crippen LogP contribution is -2.41. The molecule has 0 saturated carbocycles. The SMILES string of the molecule is O=C(CCCc1ccccc1)Nc1ccn([C@@H]2O[C@H](CO)C(O)C2(F)F)c(=O)n1. The van der Waals surface area contributed by atoms with Crippen LogP contribution in [-0.4, -0.2) is 50.4 Å². The summed E-state index contributed by atoms with van der Waals surface area (Å²) >= 11 is 0. The number of hydrogen-bond acceptors (Lipinski definition) is 6. The van der Waals surface area contributed by atoms with Gasteiger partial charge in [-0.1, -0.05) is 30.3 Å². The summed E-state index contributed by atoms with van der Waals surface area (Å²) in [6.07, 6.45) is -3.38. The van der Waals surface area contributed by atoms with Gasteiger partial charge >= 0.3 is 11.6 Å². The van der Waals surface area contributed by atoms with E-state index in [1.54, 1.807) is 0 Å². The fourth-order valence-corrected chi connectivity index (χ4v) is 3.08. The molecule has 1 aromatic heterocycles. The third kappa shape index (κ3) is 4.66. The Kier molecular flexibility index (Phi) is 6.36. The topological polar surface area (TPSA) is 114 Å². The Morgan fingerprint density at radius 2 is 2.00 bits per heavy atom. The monoisotopic (exact) mass is 409 g/mol. The number of nitrogens with one attached hydrogen (secondary N) is 1. The molecular weight excluding hydrogens is 388 g/mol. The van der Waals surface area contributed by atoms with Crippen molar-refractivity contribution in [3.8, 4) is 0 Å². The number of hydrogen-bond donors (Lipinski definition) is 3. The van der Waals surface area contributed by atoms with Crippen LogP contribution in [0.1, 0.15) is 24.6 Å². The lowest BCUT2D eigenvalue weighted by atomic mass is 10.1. The largest absolute Gasteiger partial charge is 0.394 e. The molecule has 1 aliphatic heterocycles. The molecular formula is C19H21F2N3O5. The predicted molar refractivity (Wildman–Crippen MR) is 98.5 cm³/mol. The number of aryl methyl sites for hydroxylation is 1. The van der Waals surface area contributed by atoms with E-state index >= 15 is 0 Å². The van der Waals surface area contributed by atoms with Crippen LogP contribution in [0.5, 0.6) is 0 Å². The third-order valence-electron chi connectivity index (χ3n) is 4.62. The van der Waals surface area contributed by atoms with E-state index in [1.807, 2.05) is 30.3 Å². The van der Waals surface area contributed by atoms with Crippen molar-refractivity contribution in [1.82, 2.24) is 9.55 Å². The zero-order chi connectivity index (χ0) is 21.0. The van der Waals surface area contributed by atoms with E-state index in [4.69, 9.17) is 9.84 Å². The maximum absolute atomic E-state index is 14.2. The molecule has 1 unspecified atom stereocenters. The molecule has 1 aromatic carbocycles. The number of halogens is 2. The molecule has 1 saturated heterocycles. The van der Waals surface area contributed by atoms with Gasteiger partial charge in [-0.2, -0.15) is 13.8 Å². The van der Waals surface area contributed by atoms with Crippen LogP contribution in [0.4, 0.5) is 14.6 Å².